The summed E-state index contributed by atoms with van der Waals surface area (Å²) in [7, 11) is 0. The molecule has 1 rings (SSSR count). The van der Waals surface area contributed by atoms with Crippen molar-refractivity contribution in [3.8, 4) is 0 Å². The van der Waals surface area contributed by atoms with Gasteiger partial charge in [-0.15, -0.1) is 0 Å². The zero-order valence-corrected chi connectivity index (χ0v) is 11.7. The van der Waals surface area contributed by atoms with Gasteiger partial charge < -0.3 is 15.8 Å². The summed E-state index contributed by atoms with van der Waals surface area (Å²) in [4.78, 5) is 12.3. The Morgan fingerprint density at radius 2 is 1.94 bits per heavy atom. The molecular weight excluding hydrogens is 216 g/mol. The second kappa shape index (κ2) is 4.58. The van der Waals surface area contributed by atoms with E-state index in [0.29, 0.717) is 6.61 Å². The molecular formula is C13H26N2O2. The van der Waals surface area contributed by atoms with Gasteiger partial charge in [0.2, 0.25) is 5.91 Å². The normalized spacial score (nSPS) is 26.7. The Morgan fingerprint density at radius 1 is 1.35 bits per heavy atom. The number of ether oxygens (including phenoxy) is 1. The first-order chi connectivity index (χ1) is 7.58. The van der Waals surface area contributed by atoms with Crippen molar-refractivity contribution in [2.75, 3.05) is 13.2 Å². The van der Waals surface area contributed by atoms with Gasteiger partial charge in [-0.2, -0.15) is 0 Å². The predicted molar refractivity (Wildman–Crippen MR) is 68.6 cm³/mol. The summed E-state index contributed by atoms with van der Waals surface area (Å²) in [6, 6.07) is 0. The minimum Gasteiger partial charge on any atom is -0.379 e. The first-order valence-corrected chi connectivity index (χ1v) is 6.28. The van der Waals surface area contributed by atoms with Crippen molar-refractivity contribution in [2.24, 2.45) is 11.1 Å². The van der Waals surface area contributed by atoms with Gasteiger partial charge in [0.1, 0.15) is 0 Å². The smallest absolute Gasteiger partial charge is 0.227 e. The molecule has 0 aromatic heterocycles. The van der Waals surface area contributed by atoms with Crippen molar-refractivity contribution in [1.29, 1.82) is 0 Å². The molecule has 0 radical (unpaired) electrons. The molecule has 0 aromatic rings. The quantitative estimate of drug-likeness (QED) is 0.787. The first-order valence-electron chi connectivity index (χ1n) is 6.28. The van der Waals surface area contributed by atoms with Crippen LogP contribution in [0, 0.1) is 5.41 Å². The lowest BCUT2D eigenvalue weighted by molar-refractivity contribution is -0.136. The van der Waals surface area contributed by atoms with Crippen LogP contribution >= 0.6 is 0 Å². The van der Waals surface area contributed by atoms with E-state index in [0.717, 1.165) is 19.4 Å². The Morgan fingerprint density at radius 3 is 2.35 bits per heavy atom. The average Bonchev–Trinajstić information content (AvgIpc) is 2.16. The van der Waals surface area contributed by atoms with Gasteiger partial charge in [0.25, 0.3) is 0 Å². The van der Waals surface area contributed by atoms with Crippen molar-refractivity contribution in [2.45, 2.75) is 58.5 Å². The van der Waals surface area contributed by atoms with E-state index in [-0.39, 0.29) is 11.4 Å². The lowest BCUT2D eigenvalue weighted by atomic mass is 9.74. The molecule has 0 spiro atoms. The van der Waals surface area contributed by atoms with Crippen LogP contribution in [0.4, 0.5) is 0 Å². The van der Waals surface area contributed by atoms with Crippen molar-refractivity contribution in [3.63, 3.8) is 0 Å². The lowest BCUT2D eigenvalue weighted by Gasteiger charge is -2.41. The summed E-state index contributed by atoms with van der Waals surface area (Å²) >= 11 is 0. The first kappa shape index (κ1) is 14.5. The monoisotopic (exact) mass is 242 g/mol. The molecule has 1 aliphatic heterocycles. The number of carbonyl (C=O) groups excluding carboxylic acids is 1. The van der Waals surface area contributed by atoms with Crippen molar-refractivity contribution in [1.82, 2.24) is 5.32 Å². The summed E-state index contributed by atoms with van der Waals surface area (Å²) in [6.45, 7) is 10.9. The van der Waals surface area contributed by atoms with Crippen LogP contribution in [0.1, 0.15) is 47.5 Å². The molecule has 4 heteroatoms. The number of hydrogen-bond acceptors (Lipinski definition) is 3. The van der Waals surface area contributed by atoms with Gasteiger partial charge >= 0.3 is 0 Å². The van der Waals surface area contributed by atoms with Crippen molar-refractivity contribution < 1.29 is 9.53 Å². The molecule has 4 nitrogen and oxygen atoms in total. The number of amides is 1. The highest BCUT2D eigenvalue weighted by atomic mass is 16.5. The van der Waals surface area contributed by atoms with Crippen LogP contribution in [0.5, 0.6) is 0 Å². The van der Waals surface area contributed by atoms with E-state index in [1.54, 1.807) is 0 Å². The van der Waals surface area contributed by atoms with Gasteiger partial charge in [0, 0.05) is 12.1 Å². The van der Waals surface area contributed by atoms with Crippen molar-refractivity contribution >= 4 is 5.91 Å². The van der Waals surface area contributed by atoms with Crippen LogP contribution in [0.3, 0.4) is 0 Å². The number of nitrogens with two attached hydrogens (primary N) is 1. The Kier molecular flexibility index (Phi) is 3.89. The van der Waals surface area contributed by atoms with E-state index in [4.69, 9.17) is 10.5 Å². The third-order valence-corrected chi connectivity index (χ3v) is 4.03. The molecule has 1 heterocycles. The second-order valence-electron chi connectivity index (χ2n) is 6.52. The molecule has 1 unspecified atom stereocenters. The topological polar surface area (TPSA) is 64.4 Å². The summed E-state index contributed by atoms with van der Waals surface area (Å²) in [5, 5.41) is 3.10. The second-order valence-corrected chi connectivity index (χ2v) is 6.52. The van der Waals surface area contributed by atoms with E-state index in [9.17, 15) is 4.79 Å². The highest BCUT2D eigenvalue weighted by Crippen LogP contribution is 2.30. The molecule has 1 amide bonds. The number of nitrogens with one attached hydrogen (secondary N) is 1. The van der Waals surface area contributed by atoms with Gasteiger partial charge in [-0.3, -0.25) is 4.79 Å². The molecule has 3 N–H and O–H groups in total. The average molecular weight is 242 g/mol. The molecule has 17 heavy (non-hydrogen) atoms. The van der Waals surface area contributed by atoms with E-state index >= 15 is 0 Å². The molecule has 1 fully saturated rings. The fourth-order valence-corrected chi connectivity index (χ4v) is 1.76. The van der Waals surface area contributed by atoms with Gasteiger partial charge in [-0.1, -0.05) is 0 Å². The van der Waals surface area contributed by atoms with Gasteiger partial charge in [-0.05, 0) is 47.5 Å². The van der Waals surface area contributed by atoms with Crippen LogP contribution in [0.15, 0.2) is 0 Å². The lowest BCUT2D eigenvalue weighted by Crippen LogP contribution is -2.61. The van der Waals surface area contributed by atoms with Gasteiger partial charge in [0.05, 0.1) is 17.6 Å². The van der Waals surface area contributed by atoms with Crippen LogP contribution in [-0.4, -0.2) is 30.2 Å². The predicted octanol–water partition coefficient (Wildman–Crippen LogP) is 1.44. The summed E-state index contributed by atoms with van der Waals surface area (Å²) in [6.07, 6.45) is 1.95. The van der Waals surface area contributed by atoms with Crippen molar-refractivity contribution in [3.05, 3.63) is 0 Å². The summed E-state index contributed by atoms with van der Waals surface area (Å²) < 4.78 is 5.44. The number of carbonyl (C=O) groups is 1. The Bertz CT molecular complexity index is 286. The maximum absolute atomic E-state index is 12.3. The van der Waals surface area contributed by atoms with Crippen LogP contribution in [0.25, 0.3) is 0 Å². The largest absolute Gasteiger partial charge is 0.379 e. The Hall–Kier alpha value is -0.610. The fraction of sp³-hybridized carbons (Fsp3) is 0.923. The zero-order valence-electron chi connectivity index (χ0n) is 11.7. The molecule has 0 aliphatic carbocycles. The van der Waals surface area contributed by atoms with E-state index < -0.39 is 11.0 Å². The molecule has 1 aliphatic rings. The van der Waals surface area contributed by atoms with Gasteiger partial charge in [-0.25, -0.2) is 0 Å². The van der Waals surface area contributed by atoms with E-state index in [2.05, 4.69) is 5.32 Å². The zero-order chi connectivity index (χ0) is 13.3. The highest BCUT2D eigenvalue weighted by Gasteiger charge is 2.43. The van der Waals surface area contributed by atoms with E-state index in [1.807, 2.05) is 34.6 Å². The summed E-state index contributed by atoms with van der Waals surface area (Å²) in [5.74, 6) is -0.00185. The van der Waals surface area contributed by atoms with E-state index in [1.165, 1.54) is 0 Å². The molecule has 0 aromatic carbocycles. The van der Waals surface area contributed by atoms with Crippen LogP contribution < -0.4 is 11.1 Å². The molecule has 0 saturated carbocycles. The van der Waals surface area contributed by atoms with Gasteiger partial charge in [0.15, 0.2) is 0 Å². The maximum atomic E-state index is 12.3. The molecule has 1 atom stereocenters. The Balaban J connectivity index is 2.71. The van der Waals surface area contributed by atoms with Crippen LogP contribution in [0.2, 0.25) is 0 Å². The minimum atomic E-state index is -0.604. The standard InChI is InChI=1S/C13H26N2O2/c1-11(2,12(3,4)14)10(16)15-13(5)7-6-8-17-9-13/h6-9,14H2,1-5H3,(H,15,16). The molecule has 100 valence electrons. The maximum Gasteiger partial charge on any atom is 0.227 e. The molecule has 0 bridgehead atoms. The third kappa shape index (κ3) is 3.19. The Labute approximate surface area is 104 Å². The van der Waals surface area contributed by atoms with Crippen LogP contribution in [-0.2, 0) is 9.53 Å². The number of rotatable bonds is 3. The fourth-order valence-electron chi connectivity index (χ4n) is 1.76. The third-order valence-electron chi connectivity index (χ3n) is 4.03. The number of hydrogen-bond donors (Lipinski definition) is 2. The molecule has 1 saturated heterocycles. The summed E-state index contributed by atoms with van der Waals surface area (Å²) in [5.41, 5.74) is 4.66. The highest BCUT2D eigenvalue weighted by molar-refractivity contribution is 5.84. The SMILES string of the molecule is CC1(NC(=O)C(C)(C)C(C)(C)N)CCCOC1. The minimum absolute atomic E-state index is 0.00185.